The van der Waals surface area contributed by atoms with Crippen LogP contribution in [0.3, 0.4) is 0 Å². The first-order valence-corrected chi connectivity index (χ1v) is 6.26. The van der Waals surface area contributed by atoms with Gasteiger partial charge in [0.05, 0.1) is 22.9 Å². The van der Waals surface area contributed by atoms with E-state index in [1.54, 1.807) is 13.8 Å². The molecule has 0 aliphatic carbocycles. The number of pyridine rings is 1. The van der Waals surface area contributed by atoms with E-state index in [1.807, 2.05) is 24.8 Å². The fourth-order valence-corrected chi connectivity index (χ4v) is 2.00. The van der Waals surface area contributed by atoms with E-state index in [4.69, 9.17) is 5.11 Å². The summed E-state index contributed by atoms with van der Waals surface area (Å²) < 4.78 is 0. The van der Waals surface area contributed by atoms with E-state index < -0.39 is 11.9 Å². The van der Waals surface area contributed by atoms with Gasteiger partial charge < -0.3 is 10.0 Å². The zero-order valence-electron chi connectivity index (χ0n) is 11.8. The quantitative estimate of drug-likeness (QED) is 0.878. The van der Waals surface area contributed by atoms with Crippen molar-refractivity contribution in [2.75, 3.05) is 18.0 Å². The highest BCUT2D eigenvalue weighted by Gasteiger charge is 2.19. The fraction of sp³-hybridized carbons (Fsp3) is 0.500. The monoisotopic (exact) mass is 261 g/mol. The third-order valence-electron chi connectivity index (χ3n) is 3.06. The number of carboxylic acid groups (broad SMARTS) is 1. The molecule has 1 heterocycles. The molecule has 0 aliphatic rings. The van der Waals surface area contributed by atoms with Crippen LogP contribution in [0.5, 0.6) is 0 Å². The van der Waals surface area contributed by atoms with Crippen molar-refractivity contribution in [2.45, 2.75) is 27.7 Å². The Balaban J connectivity index is 3.18. The predicted octanol–water partition coefficient (Wildman–Crippen LogP) is 2.12. The molecule has 0 bridgehead atoms. The minimum absolute atomic E-state index is 0.378. The lowest BCUT2D eigenvalue weighted by Crippen LogP contribution is -2.32. The molecular weight excluding hydrogens is 242 g/mol. The molecule has 1 N–H and O–H groups in total. The second kappa shape index (κ2) is 6.19. The zero-order chi connectivity index (χ0) is 14.6. The number of nitrogens with zero attached hydrogens (tertiary/aromatic N) is 3. The van der Waals surface area contributed by atoms with Crippen LogP contribution in [0, 0.1) is 31.1 Å². The van der Waals surface area contributed by atoms with Gasteiger partial charge in [0.2, 0.25) is 0 Å². The van der Waals surface area contributed by atoms with Gasteiger partial charge in [-0.3, -0.25) is 9.78 Å². The van der Waals surface area contributed by atoms with E-state index in [9.17, 15) is 10.1 Å². The van der Waals surface area contributed by atoms with Gasteiger partial charge in [-0.15, -0.1) is 0 Å². The number of carbonyl (C=O) groups is 1. The summed E-state index contributed by atoms with van der Waals surface area (Å²) in [6.45, 7) is 8.30. The highest BCUT2D eigenvalue weighted by Crippen LogP contribution is 2.24. The van der Waals surface area contributed by atoms with Crippen LogP contribution >= 0.6 is 0 Å². The average molecular weight is 261 g/mol. The number of aryl methyl sites for hydroxylation is 2. The predicted molar refractivity (Wildman–Crippen MR) is 73.1 cm³/mol. The largest absolute Gasteiger partial charge is 0.481 e. The Hall–Kier alpha value is -2.09. The lowest BCUT2D eigenvalue weighted by molar-refractivity contribution is -0.140. The summed E-state index contributed by atoms with van der Waals surface area (Å²) in [5.41, 5.74) is 2.79. The van der Waals surface area contributed by atoms with Crippen molar-refractivity contribution in [2.24, 2.45) is 5.92 Å². The number of anilines is 1. The highest BCUT2D eigenvalue weighted by atomic mass is 16.4. The molecule has 0 spiro atoms. The van der Waals surface area contributed by atoms with Crippen LogP contribution in [-0.2, 0) is 4.79 Å². The molecule has 0 saturated heterocycles. The van der Waals surface area contributed by atoms with Crippen LogP contribution in [0.15, 0.2) is 6.07 Å². The molecule has 1 aromatic rings. The standard InChI is InChI=1S/C14H19N3O2/c1-5-17(8-9(2)14(18)19)13-6-10(3)16-11(4)12(13)7-15/h6,9H,5,8H2,1-4H3,(H,18,19). The Morgan fingerprint density at radius 2 is 2.21 bits per heavy atom. The van der Waals surface area contributed by atoms with Gasteiger partial charge >= 0.3 is 5.97 Å². The molecule has 0 amide bonds. The van der Waals surface area contributed by atoms with Crippen molar-refractivity contribution in [3.63, 3.8) is 0 Å². The Morgan fingerprint density at radius 3 is 2.68 bits per heavy atom. The number of hydrogen-bond acceptors (Lipinski definition) is 4. The normalized spacial score (nSPS) is 11.7. The van der Waals surface area contributed by atoms with Crippen molar-refractivity contribution >= 4 is 11.7 Å². The molecule has 5 heteroatoms. The van der Waals surface area contributed by atoms with E-state index in [0.717, 1.165) is 11.4 Å². The molecule has 1 rings (SSSR count). The minimum atomic E-state index is -0.834. The maximum absolute atomic E-state index is 11.0. The minimum Gasteiger partial charge on any atom is -0.481 e. The molecule has 0 saturated carbocycles. The summed E-state index contributed by atoms with van der Waals surface area (Å²) >= 11 is 0. The molecule has 102 valence electrons. The molecule has 1 unspecified atom stereocenters. The Labute approximate surface area is 113 Å². The molecule has 0 aromatic carbocycles. The van der Waals surface area contributed by atoms with E-state index in [0.29, 0.717) is 24.3 Å². The number of hydrogen-bond donors (Lipinski definition) is 1. The van der Waals surface area contributed by atoms with Gasteiger partial charge in [0.25, 0.3) is 0 Å². The van der Waals surface area contributed by atoms with Crippen LogP contribution < -0.4 is 4.90 Å². The Bertz CT molecular complexity index is 520. The van der Waals surface area contributed by atoms with Gasteiger partial charge in [-0.1, -0.05) is 6.92 Å². The molecule has 0 aliphatic heterocycles. The summed E-state index contributed by atoms with van der Waals surface area (Å²) in [6, 6.07) is 3.99. The molecule has 19 heavy (non-hydrogen) atoms. The molecule has 1 aromatic heterocycles. The summed E-state index contributed by atoms with van der Waals surface area (Å²) in [7, 11) is 0. The van der Waals surface area contributed by atoms with Gasteiger partial charge in [0.15, 0.2) is 0 Å². The number of carboxylic acids is 1. The molecular formula is C14H19N3O2. The smallest absolute Gasteiger partial charge is 0.308 e. The Morgan fingerprint density at radius 1 is 1.58 bits per heavy atom. The van der Waals surface area contributed by atoms with E-state index in [1.165, 1.54) is 0 Å². The topological polar surface area (TPSA) is 77.2 Å². The average Bonchev–Trinajstić information content (AvgIpc) is 2.34. The van der Waals surface area contributed by atoms with Crippen LogP contribution in [0.25, 0.3) is 0 Å². The summed E-state index contributed by atoms with van der Waals surface area (Å²) in [5.74, 6) is -1.32. The van der Waals surface area contributed by atoms with Gasteiger partial charge in [0.1, 0.15) is 6.07 Å². The van der Waals surface area contributed by atoms with Crippen LogP contribution in [0.4, 0.5) is 5.69 Å². The van der Waals surface area contributed by atoms with Crippen molar-refractivity contribution in [1.82, 2.24) is 4.98 Å². The van der Waals surface area contributed by atoms with Crippen LogP contribution in [0.1, 0.15) is 30.8 Å². The van der Waals surface area contributed by atoms with Gasteiger partial charge in [-0.2, -0.15) is 5.26 Å². The fourth-order valence-electron chi connectivity index (χ4n) is 2.00. The van der Waals surface area contributed by atoms with Crippen LogP contribution in [0.2, 0.25) is 0 Å². The third-order valence-corrected chi connectivity index (χ3v) is 3.06. The van der Waals surface area contributed by atoms with Gasteiger partial charge in [-0.05, 0) is 26.8 Å². The second-order valence-corrected chi connectivity index (χ2v) is 4.63. The van der Waals surface area contributed by atoms with E-state index in [-0.39, 0.29) is 0 Å². The Kier molecular flexibility index (Phi) is 4.87. The molecule has 0 radical (unpaired) electrons. The van der Waals surface area contributed by atoms with Crippen molar-refractivity contribution in [1.29, 1.82) is 5.26 Å². The number of aliphatic carboxylic acids is 1. The van der Waals surface area contributed by atoms with E-state index >= 15 is 0 Å². The lowest BCUT2D eigenvalue weighted by Gasteiger charge is -2.26. The third kappa shape index (κ3) is 3.44. The summed E-state index contributed by atoms with van der Waals surface area (Å²) in [6.07, 6.45) is 0. The molecule has 5 nitrogen and oxygen atoms in total. The maximum atomic E-state index is 11.0. The summed E-state index contributed by atoms with van der Waals surface area (Å²) in [4.78, 5) is 17.2. The summed E-state index contributed by atoms with van der Waals surface area (Å²) in [5, 5.41) is 18.2. The van der Waals surface area contributed by atoms with Gasteiger partial charge in [-0.25, -0.2) is 0 Å². The molecule has 1 atom stereocenters. The van der Waals surface area contributed by atoms with E-state index in [2.05, 4.69) is 11.1 Å². The first-order chi connectivity index (χ1) is 8.90. The highest BCUT2D eigenvalue weighted by molar-refractivity contribution is 5.71. The first-order valence-electron chi connectivity index (χ1n) is 6.26. The second-order valence-electron chi connectivity index (χ2n) is 4.63. The number of rotatable bonds is 5. The van der Waals surface area contributed by atoms with Crippen molar-refractivity contribution in [3.05, 3.63) is 23.0 Å². The molecule has 0 fully saturated rings. The number of aromatic nitrogens is 1. The van der Waals surface area contributed by atoms with Crippen molar-refractivity contribution in [3.8, 4) is 6.07 Å². The van der Waals surface area contributed by atoms with Crippen LogP contribution in [-0.4, -0.2) is 29.1 Å². The first kappa shape index (κ1) is 15.0. The number of nitriles is 1. The lowest BCUT2D eigenvalue weighted by atomic mass is 10.1. The SMILES string of the molecule is CCN(CC(C)C(=O)O)c1cc(C)nc(C)c1C#N. The van der Waals surface area contributed by atoms with Gasteiger partial charge in [0, 0.05) is 18.8 Å². The van der Waals surface area contributed by atoms with Crippen molar-refractivity contribution < 1.29 is 9.90 Å². The maximum Gasteiger partial charge on any atom is 0.308 e. The zero-order valence-corrected chi connectivity index (χ0v) is 11.8.